The highest BCUT2D eigenvalue weighted by atomic mass is 16.5. The Morgan fingerprint density at radius 2 is 2.07 bits per heavy atom. The van der Waals surface area contributed by atoms with E-state index < -0.39 is 17.7 Å². The summed E-state index contributed by atoms with van der Waals surface area (Å²) in [6.45, 7) is 3.73. The number of pyridine rings is 1. The van der Waals surface area contributed by atoms with Crippen molar-refractivity contribution in [3.8, 4) is 5.75 Å². The molecule has 1 amide bonds. The molecule has 1 N–H and O–H groups in total. The lowest BCUT2D eigenvalue weighted by Gasteiger charge is -2.27. The van der Waals surface area contributed by atoms with Crippen molar-refractivity contribution in [1.29, 1.82) is 0 Å². The number of hydrogen-bond donors (Lipinski definition) is 1. The molecule has 0 saturated carbocycles. The summed E-state index contributed by atoms with van der Waals surface area (Å²) in [6, 6.07) is 10.1. The van der Waals surface area contributed by atoms with Gasteiger partial charge in [-0.05, 0) is 29.3 Å². The van der Waals surface area contributed by atoms with Crippen LogP contribution in [0.25, 0.3) is 0 Å². The Kier molecular flexibility index (Phi) is 5.26. The van der Waals surface area contributed by atoms with Crippen LogP contribution in [0, 0.1) is 5.92 Å². The van der Waals surface area contributed by atoms with Crippen molar-refractivity contribution in [2.45, 2.75) is 26.4 Å². The number of benzene rings is 1. The van der Waals surface area contributed by atoms with Gasteiger partial charge in [-0.25, -0.2) is 0 Å². The predicted molar refractivity (Wildman–Crippen MR) is 100 cm³/mol. The molecule has 1 aliphatic rings. The third kappa shape index (κ3) is 3.56. The minimum Gasteiger partial charge on any atom is -0.503 e. The highest BCUT2D eigenvalue weighted by Crippen LogP contribution is 2.40. The first-order valence-electron chi connectivity index (χ1n) is 8.75. The normalized spacial score (nSPS) is 17.0. The molecule has 1 aromatic heterocycles. The standard InChI is InChI=1S/C21H22N2O4/c1-13(2)19(24)17-18(15-7-4-8-16(10-15)27-3)23(21(26)20(17)25)12-14-6-5-9-22-11-14/h4-11,13,18,25H,12H2,1-3H3. The van der Waals surface area contributed by atoms with Gasteiger partial charge in [0.05, 0.1) is 18.7 Å². The van der Waals surface area contributed by atoms with Gasteiger partial charge in [0.2, 0.25) is 0 Å². The van der Waals surface area contributed by atoms with Crippen LogP contribution in [0.2, 0.25) is 0 Å². The number of Topliss-reactive ketones (excluding diaryl/α,β-unsaturated/α-hetero) is 1. The van der Waals surface area contributed by atoms with Crippen molar-refractivity contribution in [3.05, 3.63) is 71.3 Å². The van der Waals surface area contributed by atoms with Crippen molar-refractivity contribution in [2.75, 3.05) is 7.11 Å². The second-order valence-electron chi connectivity index (χ2n) is 6.75. The summed E-state index contributed by atoms with van der Waals surface area (Å²) >= 11 is 0. The molecule has 140 valence electrons. The number of aromatic nitrogens is 1. The molecule has 2 heterocycles. The molecule has 1 aliphatic heterocycles. The SMILES string of the molecule is COc1cccc(C2C(C(=O)C(C)C)=C(O)C(=O)N2Cc2cccnc2)c1. The molecular weight excluding hydrogens is 344 g/mol. The Balaban J connectivity index is 2.09. The zero-order chi connectivity index (χ0) is 19.6. The number of hydrogen-bond acceptors (Lipinski definition) is 5. The van der Waals surface area contributed by atoms with Crippen molar-refractivity contribution < 1.29 is 19.4 Å². The van der Waals surface area contributed by atoms with Gasteiger partial charge in [-0.15, -0.1) is 0 Å². The van der Waals surface area contributed by atoms with E-state index >= 15 is 0 Å². The van der Waals surface area contributed by atoms with Gasteiger partial charge in [0.15, 0.2) is 11.5 Å². The van der Waals surface area contributed by atoms with Crippen LogP contribution >= 0.6 is 0 Å². The maximum absolute atomic E-state index is 12.8. The lowest BCUT2D eigenvalue weighted by Crippen LogP contribution is -2.31. The first-order chi connectivity index (χ1) is 12.9. The van der Waals surface area contributed by atoms with E-state index in [9.17, 15) is 14.7 Å². The van der Waals surface area contributed by atoms with Gasteiger partial charge in [0, 0.05) is 24.9 Å². The summed E-state index contributed by atoms with van der Waals surface area (Å²) in [5.41, 5.74) is 1.65. The van der Waals surface area contributed by atoms with E-state index in [0.717, 1.165) is 5.56 Å². The van der Waals surface area contributed by atoms with Crippen LogP contribution in [-0.4, -0.2) is 33.8 Å². The molecule has 0 fully saturated rings. The maximum Gasteiger partial charge on any atom is 0.290 e. The Labute approximate surface area is 158 Å². The highest BCUT2D eigenvalue weighted by molar-refractivity contribution is 6.09. The van der Waals surface area contributed by atoms with Crippen molar-refractivity contribution >= 4 is 11.7 Å². The number of carbonyl (C=O) groups excluding carboxylic acids is 2. The van der Waals surface area contributed by atoms with Gasteiger partial charge in [-0.1, -0.05) is 32.0 Å². The molecule has 0 bridgehead atoms. The monoisotopic (exact) mass is 366 g/mol. The Bertz CT molecular complexity index is 890. The molecule has 0 aliphatic carbocycles. The zero-order valence-corrected chi connectivity index (χ0v) is 15.5. The number of methoxy groups -OCH3 is 1. The van der Waals surface area contributed by atoms with Crippen molar-refractivity contribution in [3.63, 3.8) is 0 Å². The fraction of sp³-hybridized carbons (Fsp3) is 0.286. The van der Waals surface area contributed by atoms with Crippen LogP contribution in [0.15, 0.2) is 60.1 Å². The van der Waals surface area contributed by atoms with E-state index in [1.165, 1.54) is 4.90 Å². The first kappa shape index (κ1) is 18.6. The zero-order valence-electron chi connectivity index (χ0n) is 15.5. The number of rotatable bonds is 6. The van der Waals surface area contributed by atoms with Crippen LogP contribution in [0.1, 0.15) is 31.0 Å². The molecule has 0 saturated heterocycles. The molecule has 1 aromatic carbocycles. The number of aliphatic hydroxyl groups is 1. The van der Waals surface area contributed by atoms with E-state index in [0.29, 0.717) is 11.3 Å². The molecule has 1 unspecified atom stereocenters. The van der Waals surface area contributed by atoms with Crippen LogP contribution in [0.4, 0.5) is 0 Å². The van der Waals surface area contributed by atoms with Gasteiger partial charge < -0.3 is 14.7 Å². The second kappa shape index (κ2) is 7.61. The van der Waals surface area contributed by atoms with Gasteiger partial charge in [-0.2, -0.15) is 0 Å². The second-order valence-corrected chi connectivity index (χ2v) is 6.75. The number of ketones is 1. The molecule has 6 heteroatoms. The molecule has 27 heavy (non-hydrogen) atoms. The van der Waals surface area contributed by atoms with Crippen molar-refractivity contribution in [1.82, 2.24) is 9.88 Å². The molecule has 1 atom stereocenters. The Hall–Kier alpha value is -3.15. The fourth-order valence-electron chi connectivity index (χ4n) is 3.23. The average molecular weight is 366 g/mol. The summed E-state index contributed by atoms with van der Waals surface area (Å²) in [5.74, 6) is -1.02. The maximum atomic E-state index is 12.8. The minimum absolute atomic E-state index is 0.132. The van der Waals surface area contributed by atoms with Crippen molar-refractivity contribution in [2.24, 2.45) is 5.92 Å². The van der Waals surface area contributed by atoms with E-state index in [1.54, 1.807) is 57.6 Å². The molecule has 3 rings (SSSR count). The van der Waals surface area contributed by atoms with Crippen LogP contribution in [-0.2, 0) is 16.1 Å². The smallest absolute Gasteiger partial charge is 0.290 e. The Morgan fingerprint density at radius 3 is 2.70 bits per heavy atom. The molecular formula is C21H22N2O4. The minimum atomic E-state index is -0.678. The quantitative estimate of drug-likeness (QED) is 0.849. The summed E-state index contributed by atoms with van der Waals surface area (Å²) < 4.78 is 5.29. The number of amides is 1. The third-order valence-corrected chi connectivity index (χ3v) is 4.58. The predicted octanol–water partition coefficient (Wildman–Crippen LogP) is 3.21. The topological polar surface area (TPSA) is 79.7 Å². The van der Waals surface area contributed by atoms with E-state index in [4.69, 9.17) is 4.74 Å². The highest BCUT2D eigenvalue weighted by Gasteiger charge is 2.44. The summed E-state index contributed by atoms with van der Waals surface area (Å²) in [7, 11) is 1.56. The molecule has 0 radical (unpaired) electrons. The lowest BCUT2D eigenvalue weighted by atomic mass is 9.91. The van der Waals surface area contributed by atoms with E-state index in [-0.39, 0.29) is 23.8 Å². The van der Waals surface area contributed by atoms with E-state index in [1.807, 2.05) is 12.1 Å². The van der Waals surface area contributed by atoms with Gasteiger partial charge in [-0.3, -0.25) is 14.6 Å². The number of aliphatic hydroxyl groups excluding tert-OH is 1. The van der Waals surface area contributed by atoms with Crippen LogP contribution in [0.3, 0.4) is 0 Å². The van der Waals surface area contributed by atoms with E-state index in [2.05, 4.69) is 4.98 Å². The molecule has 6 nitrogen and oxygen atoms in total. The first-order valence-corrected chi connectivity index (χ1v) is 8.75. The van der Waals surface area contributed by atoms with Gasteiger partial charge in [0.25, 0.3) is 5.91 Å². The third-order valence-electron chi connectivity index (χ3n) is 4.58. The van der Waals surface area contributed by atoms with Crippen LogP contribution < -0.4 is 4.74 Å². The molecule has 2 aromatic rings. The number of ether oxygens (including phenoxy) is 1. The number of carbonyl (C=O) groups is 2. The largest absolute Gasteiger partial charge is 0.503 e. The van der Waals surface area contributed by atoms with Gasteiger partial charge in [0.1, 0.15) is 5.75 Å². The summed E-state index contributed by atoms with van der Waals surface area (Å²) in [5, 5.41) is 10.5. The summed E-state index contributed by atoms with van der Waals surface area (Å²) in [6.07, 6.45) is 3.31. The van der Waals surface area contributed by atoms with Crippen LogP contribution in [0.5, 0.6) is 5.75 Å². The Morgan fingerprint density at radius 1 is 1.30 bits per heavy atom. The average Bonchev–Trinajstić information content (AvgIpc) is 2.93. The summed E-state index contributed by atoms with van der Waals surface area (Å²) in [4.78, 5) is 31.2. The lowest BCUT2D eigenvalue weighted by molar-refractivity contribution is -0.130. The van der Waals surface area contributed by atoms with Gasteiger partial charge >= 0.3 is 0 Å². The fourth-order valence-corrected chi connectivity index (χ4v) is 3.23. The number of nitrogens with zero attached hydrogens (tertiary/aromatic N) is 2. The molecule has 0 spiro atoms.